The van der Waals surface area contributed by atoms with Crippen LogP contribution >= 0.6 is 11.8 Å². The Labute approximate surface area is 109 Å². The van der Waals surface area contributed by atoms with E-state index in [2.05, 4.69) is 11.8 Å². The second-order valence-electron chi connectivity index (χ2n) is 4.76. The molecule has 1 aliphatic rings. The van der Waals surface area contributed by atoms with E-state index in [1.807, 2.05) is 11.8 Å². The highest BCUT2D eigenvalue weighted by molar-refractivity contribution is 7.99. The smallest absolute Gasteiger partial charge is 0.158 e. The predicted molar refractivity (Wildman–Crippen MR) is 73.4 cm³/mol. The summed E-state index contributed by atoms with van der Waals surface area (Å²) in [5, 5.41) is 0. The topological polar surface area (TPSA) is 47.7 Å². The number of nitrogens with zero attached hydrogens (tertiary/aromatic N) is 1. The molecule has 0 aromatic rings. The molecule has 1 unspecified atom stereocenters. The van der Waals surface area contributed by atoms with Gasteiger partial charge in [-0.1, -0.05) is 0 Å². The van der Waals surface area contributed by atoms with Crippen LogP contribution in [0.4, 0.5) is 0 Å². The molecule has 0 amide bonds. The molecule has 1 rings (SSSR count). The first-order valence-electron chi connectivity index (χ1n) is 6.24. The van der Waals surface area contributed by atoms with Gasteiger partial charge in [0.2, 0.25) is 0 Å². The highest BCUT2D eigenvalue weighted by Gasteiger charge is 2.33. The van der Waals surface area contributed by atoms with Gasteiger partial charge in [-0.15, -0.1) is 0 Å². The van der Waals surface area contributed by atoms with Gasteiger partial charge >= 0.3 is 0 Å². The van der Waals surface area contributed by atoms with Gasteiger partial charge in [-0.2, -0.15) is 11.8 Å². The van der Waals surface area contributed by atoms with E-state index in [1.165, 1.54) is 17.9 Å². The molecule has 1 heterocycles. The fraction of sp³-hybridized carbons (Fsp3) is 1.00. The molecular weight excluding hydrogens is 236 g/mol. The average Bonchev–Trinajstić information content (AvgIpc) is 2.65. The number of thioether (sulfide) groups is 1. The molecule has 5 heteroatoms. The highest BCUT2D eigenvalue weighted by Crippen LogP contribution is 2.24. The first kappa shape index (κ1) is 15.2. The van der Waals surface area contributed by atoms with Gasteiger partial charge in [-0.3, -0.25) is 4.90 Å². The van der Waals surface area contributed by atoms with E-state index in [4.69, 9.17) is 15.2 Å². The van der Waals surface area contributed by atoms with E-state index in [-0.39, 0.29) is 11.8 Å². The standard InChI is InChI=1S/C12H26N2O2S/c1-12(10-13,9-11(15-2)16-3)14-5-4-7-17-8-6-14/h11H,4-10,13H2,1-3H3. The molecular formula is C12H26N2O2S. The van der Waals surface area contributed by atoms with Gasteiger partial charge in [0.1, 0.15) is 0 Å². The molecule has 0 spiro atoms. The maximum absolute atomic E-state index is 5.99. The lowest BCUT2D eigenvalue weighted by Crippen LogP contribution is -2.54. The summed E-state index contributed by atoms with van der Waals surface area (Å²) in [5.74, 6) is 2.45. The first-order chi connectivity index (χ1) is 8.16. The molecule has 1 fully saturated rings. The minimum atomic E-state index is -0.167. The SMILES string of the molecule is COC(CC(C)(CN)N1CCCSCC1)OC. The fourth-order valence-electron chi connectivity index (χ4n) is 2.25. The Morgan fingerprint density at radius 1 is 1.29 bits per heavy atom. The van der Waals surface area contributed by atoms with Crippen LogP contribution < -0.4 is 5.73 Å². The average molecular weight is 262 g/mol. The third-order valence-corrected chi connectivity index (χ3v) is 4.61. The van der Waals surface area contributed by atoms with Crippen molar-refractivity contribution in [2.24, 2.45) is 5.73 Å². The summed E-state index contributed by atoms with van der Waals surface area (Å²) >= 11 is 2.03. The van der Waals surface area contributed by atoms with E-state index < -0.39 is 0 Å². The minimum absolute atomic E-state index is 0.0262. The molecule has 102 valence electrons. The van der Waals surface area contributed by atoms with Crippen LogP contribution in [-0.2, 0) is 9.47 Å². The van der Waals surface area contributed by atoms with Crippen molar-refractivity contribution < 1.29 is 9.47 Å². The lowest BCUT2D eigenvalue weighted by molar-refractivity contribution is -0.128. The Kier molecular flexibility index (Phi) is 6.80. The molecule has 0 aliphatic carbocycles. The van der Waals surface area contributed by atoms with Crippen molar-refractivity contribution >= 4 is 11.8 Å². The van der Waals surface area contributed by atoms with Crippen LogP contribution in [0.5, 0.6) is 0 Å². The molecule has 4 nitrogen and oxygen atoms in total. The van der Waals surface area contributed by atoms with Crippen molar-refractivity contribution in [2.75, 3.05) is 45.4 Å². The second-order valence-corrected chi connectivity index (χ2v) is 5.98. The number of rotatable bonds is 6. The summed E-state index contributed by atoms with van der Waals surface area (Å²) < 4.78 is 10.6. The molecule has 0 bridgehead atoms. The highest BCUT2D eigenvalue weighted by atomic mass is 32.2. The molecule has 1 atom stereocenters. The quantitative estimate of drug-likeness (QED) is 0.728. The maximum Gasteiger partial charge on any atom is 0.158 e. The molecule has 17 heavy (non-hydrogen) atoms. The monoisotopic (exact) mass is 262 g/mol. The van der Waals surface area contributed by atoms with E-state index in [0.717, 1.165) is 19.5 Å². The van der Waals surface area contributed by atoms with Crippen LogP contribution in [0.25, 0.3) is 0 Å². The van der Waals surface area contributed by atoms with E-state index in [0.29, 0.717) is 6.54 Å². The summed E-state index contributed by atoms with van der Waals surface area (Å²) in [6.45, 7) is 5.09. The Morgan fingerprint density at radius 2 is 2.00 bits per heavy atom. The first-order valence-corrected chi connectivity index (χ1v) is 7.40. The zero-order valence-corrected chi connectivity index (χ0v) is 12.1. The van der Waals surface area contributed by atoms with Gasteiger partial charge in [0.15, 0.2) is 6.29 Å². The fourth-order valence-corrected chi connectivity index (χ4v) is 3.14. The van der Waals surface area contributed by atoms with Crippen LogP contribution in [0, 0.1) is 0 Å². The Morgan fingerprint density at radius 3 is 2.59 bits per heavy atom. The Bertz CT molecular complexity index is 207. The number of hydrogen-bond acceptors (Lipinski definition) is 5. The number of nitrogens with two attached hydrogens (primary N) is 1. The van der Waals surface area contributed by atoms with Crippen LogP contribution in [0.1, 0.15) is 19.8 Å². The number of ether oxygens (including phenoxy) is 2. The van der Waals surface area contributed by atoms with Crippen molar-refractivity contribution in [3.05, 3.63) is 0 Å². The Balaban J connectivity index is 2.63. The third-order valence-electron chi connectivity index (χ3n) is 3.56. The molecule has 0 aromatic carbocycles. The van der Waals surface area contributed by atoms with Gasteiger partial charge < -0.3 is 15.2 Å². The number of hydrogen-bond donors (Lipinski definition) is 1. The van der Waals surface area contributed by atoms with Crippen molar-refractivity contribution in [3.63, 3.8) is 0 Å². The summed E-state index contributed by atoms with van der Waals surface area (Å²) in [6.07, 6.45) is 1.89. The van der Waals surface area contributed by atoms with E-state index in [1.54, 1.807) is 14.2 Å². The third kappa shape index (κ3) is 4.41. The minimum Gasteiger partial charge on any atom is -0.356 e. The largest absolute Gasteiger partial charge is 0.356 e. The van der Waals surface area contributed by atoms with Gasteiger partial charge in [0.25, 0.3) is 0 Å². The van der Waals surface area contributed by atoms with Gasteiger partial charge in [0.05, 0.1) is 0 Å². The van der Waals surface area contributed by atoms with Gasteiger partial charge in [-0.05, 0) is 25.6 Å². The van der Waals surface area contributed by atoms with E-state index >= 15 is 0 Å². The zero-order valence-electron chi connectivity index (χ0n) is 11.3. The van der Waals surface area contributed by atoms with Crippen LogP contribution in [0.15, 0.2) is 0 Å². The lowest BCUT2D eigenvalue weighted by Gasteiger charge is -2.41. The normalized spacial score (nSPS) is 22.4. The van der Waals surface area contributed by atoms with Crippen molar-refractivity contribution in [2.45, 2.75) is 31.6 Å². The molecule has 2 N–H and O–H groups in total. The molecule has 0 aromatic heterocycles. The van der Waals surface area contributed by atoms with Gasteiger partial charge in [-0.25, -0.2) is 0 Å². The Hall–Kier alpha value is 0.190. The molecule has 1 aliphatic heterocycles. The number of methoxy groups -OCH3 is 2. The maximum atomic E-state index is 5.99. The van der Waals surface area contributed by atoms with Crippen LogP contribution in [-0.4, -0.2) is 62.1 Å². The van der Waals surface area contributed by atoms with E-state index in [9.17, 15) is 0 Å². The van der Waals surface area contributed by atoms with Crippen molar-refractivity contribution in [1.29, 1.82) is 0 Å². The van der Waals surface area contributed by atoms with Crippen LogP contribution in [0.3, 0.4) is 0 Å². The lowest BCUT2D eigenvalue weighted by atomic mass is 9.94. The summed E-state index contributed by atoms with van der Waals surface area (Å²) in [5.41, 5.74) is 5.96. The van der Waals surface area contributed by atoms with Gasteiger partial charge in [0, 0.05) is 45.0 Å². The second kappa shape index (κ2) is 7.59. The molecule has 1 saturated heterocycles. The summed E-state index contributed by atoms with van der Waals surface area (Å²) in [4.78, 5) is 2.50. The molecule has 0 radical (unpaired) electrons. The van der Waals surface area contributed by atoms with Crippen molar-refractivity contribution in [3.8, 4) is 0 Å². The molecule has 0 saturated carbocycles. The van der Waals surface area contributed by atoms with Crippen molar-refractivity contribution in [1.82, 2.24) is 4.90 Å². The summed E-state index contributed by atoms with van der Waals surface area (Å²) in [7, 11) is 3.37. The predicted octanol–water partition coefficient (Wildman–Crippen LogP) is 1.15. The summed E-state index contributed by atoms with van der Waals surface area (Å²) in [6, 6.07) is 0. The van der Waals surface area contributed by atoms with Crippen LogP contribution in [0.2, 0.25) is 0 Å². The zero-order chi connectivity index (χ0) is 12.7.